The minimum absolute atomic E-state index is 0.0143. The van der Waals surface area contributed by atoms with Crippen molar-refractivity contribution in [3.63, 3.8) is 0 Å². The highest BCUT2D eigenvalue weighted by molar-refractivity contribution is 5.93. The second-order valence-electron chi connectivity index (χ2n) is 5.88. The number of hydrogen-bond donors (Lipinski definition) is 0. The van der Waals surface area contributed by atoms with E-state index in [4.69, 9.17) is 0 Å². The van der Waals surface area contributed by atoms with Crippen LogP contribution in [0.2, 0.25) is 0 Å². The van der Waals surface area contributed by atoms with Crippen LogP contribution in [0.4, 0.5) is 4.79 Å². The van der Waals surface area contributed by atoms with E-state index in [1.54, 1.807) is 23.6 Å². The number of carbonyl (C=O) groups is 1. The predicted octanol–water partition coefficient (Wildman–Crippen LogP) is 2.89. The Kier molecular flexibility index (Phi) is 3.55. The minimum Gasteiger partial charge on any atom is -0.330 e. The Morgan fingerprint density at radius 2 is 2.05 bits per heavy atom. The molecule has 2 aromatic rings. The lowest BCUT2D eigenvalue weighted by atomic mass is 9.99. The van der Waals surface area contributed by atoms with E-state index in [0.717, 1.165) is 30.4 Å². The zero-order valence-electron chi connectivity index (χ0n) is 12.8. The quantitative estimate of drug-likeness (QED) is 0.805. The van der Waals surface area contributed by atoms with Gasteiger partial charge in [0.2, 0.25) is 0 Å². The number of likely N-dealkylation sites (N-methyl/N-ethyl adjacent to an activating group) is 1. The Morgan fingerprint density at radius 1 is 1.24 bits per heavy atom. The topological polar surface area (TPSA) is 28.5 Å². The van der Waals surface area contributed by atoms with Crippen molar-refractivity contribution < 1.29 is 4.79 Å². The van der Waals surface area contributed by atoms with Crippen LogP contribution in [0, 0.1) is 0 Å². The predicted molar refractivity (Wildman–Crippen MR) is 86.5 cm³/mol. The van der Waals surface area contributed by atoms with Crippen LogP contribution in [0.25, 0.3) is 16.5 Å². The number of aromatic nitrogens is 1. The zero-order chi connectivity index (χ0) is 15.0. The molecule has 0 bridgehead atoms. The SMILES string of the molecule is CN1CC=C(c2ccc3ccn(C(=O)N(C)C)c3c2)CC1. The third-order valence-electron chi connectivity index (χ3n) is 4.06. The molecule has 2 heterocycles. The molecule has 0 N–H and O–H groups in total. The molecule has 1 aromatic carbocycles. The summed E-state index contributed by atoms with van der Waals surface area (Å²) in [5.41, 5.74) is 3.58. The summed E-state index contributed by atoms with van der Waals surface area (Å²) in [4.78, 5) is 16.1. The fourth-order valence-electron chi connectivity index (χ4n) is 2.74. The Balaban J connectivity index is 2.03. The first-order valence-electron chi connectivity index (χ1n) is 7.27. The zero-order valence-corrected chi connectivity index (χ0v) is 12.8. The molecule has 0 saturated heterocycles. The molecule has 0 spiro atoms. The van der Waals surface area contributed by atoms with Crippen molar-refractivity contribution in [1.82, 2.24) is 14.4 Å². The lowest BCUT2D eigenvalue weighted by Gasteiger charge is -2.22. The van der Waals surface area contributed by atoms with E-state index in [0.29, 0.717) is 0 Å². The van der Waals surface area contributed by atoms with Crippen LogP contribution >= 0.6 is 0 Å². The van der Waals surface area contributed by atoms with E-state index in [1.165, 1.54) is 11.1 Å². The monoisotopic (exact) mass is 283 g/mol. The molecule has 1 amide bonds. The van der Waals surface area contributed by atoms with Crippen LogP contribution in [0.1, 0.15) is 12.0 Å². The van der Waals surface area contributed by atoms with Gasteiger partial charge in [-0.05, 0) is 36.7 Å². The highest BCUT2D eigenvalue weighted by Crippen LogP contribution is 2.26. The summed E-state index contributed by atoms with van der Waals surface area (Å²) >= 11 is 0. The molecule has 4 nitrogen and oxygen atoms in total. The highest BCUT2D eigenvalue weighted by Gasteiger charge is 2.14. The average molecular weight is 283 g/mol. The van der Waals surface area contributed by atoms with Crippen molar-refractivity contribution >= 4 is 22.5 Å². The van der Waals surface area contributed by atoms with Crippen LogP contribution < -0.4 is 0 Å². The van der Waals surface area contributed by atoms with Gasteiger partial charge in [-0.1, -0.05) is 18.2 Å². The van der Waals surface area contributed by atoms with Gasteiger partial charge in [-0.3, -0.25) is 4.57 Å². The number of carbonyl (C=O) groups excluding carboxylic acids is 1. The molecular weight excluding hydrogens is 262 g/mol. The molecule has 0 unspecified atom stereocenters. The van der Waals surface area contributed by atoms with Crippen LogP contribution in [-0.2, 0) is 0 Å². The van der Waals surface area contributed by atoms with Gasteiger partial charge in [-0.2, -0.15) is 0 Å². The largest absolute Gasteiger partial charge is 0.330 e. The van der Waals surface area contributed by atoms with Gasteiger partial charge >= 0.3 is 6.03 Å². The van der Waals surface area contributed by atoms with Crippen molar-refractivity contribution in [2.24, 2.45) is 0 Å². The fraction of sp³-hybridized carbons (Fsp3) is 0.353. The normalized spacial score (nSPS) is 16.0. The summed E-state index contributed by atoms with van der Waals surface area (Å²) < 4.78 is 1.72. The van der Waals surface area contributed by atoms with Gasteiger partial charge in [0, 0.05) is 38.8 Å². The maximum Gasteiger partial charge on any atom is 0.328 e. The third-order valence-corrected chi connectivity index (χ3v) is 4.06. The van der Waals surface area contributed by atoms with Crippen LogP contribution in [-0.4, -0.2) is 54.6 Å². The molecule has 4 heteroatoms. The Morgan fingerprint density at radius 3 is 2.71 bits per heavy atom. The van der Waals surface area contributed by atoms with Crippen molar-refractivity contribution in [2.75, 3.05) is 34.2 Å². The van der Waals surface area contributed by atoms with Gasteiger partial charge in [0.15, 0.2) is 0 Å². The maximum atomic E-state index is 12.2. The van der Waals surface area contributed by atoms with Crippen LogP contribution in [0.15, 0.2) is 36.5 Å². The molecule has 1 aromatic heterocycles. The Labute approximate surface area is 125 Å². The molecule has 21 heavy (non-hydrogen) atoms. The third kappa shape index (κ3) is 2.59. The van der Waals surface area contributed by atoms with E-state index in [2.05, 4.69) is 36.2 Å². The highest BCUT2D eigenvalue weighted by atomic mass is 16.2. The summed E-state index contributed by atoms with van der Waals surface area (Å²) in [6.45, 7) is 2.08. The lowest BCUT2D eigenvalue weighted by Crippen LogP contribution is -2.26. The molecular formula is C17H21N3O. The molecule has 0 radical (unpaired) electrons. The summed E-state index contributed by atoms with van der Waals surface area (Å²) in [5.74, 6) is 0. The molecule has 0 aliphatic carbocycles. The average Bonchev–Trinajstić information content (AvgIpc) is 2.90. The molecule has 0 saturated carbocycles. The van der Waals surface area contributed by atoms with E-state index in [-0.39, 0.29) is 6.03 Å². The van der Waals surface area contributed by atoms with Gasteiger partial charge in [-0.15, -0.1) is 0 Å². The van der Waals surface area contributed by atoms with Gasteiger partial charge in [-0.25, -0.2) is 4.79 Å². The standard InChI is InChI=1S/C17H21N3O/c1-18(2)17(21)20-11-8-14-4-5-15(12-16(14)20)13-6-9-19(3)10-7-13/h4-6,8,11-12H,7,9-10H2,1-3H3. The molecule has 1 aliphatic heterocycles. The summed E-state index contributed by atoms with van der Waals surface area (Å²) in [5, 5.41) is 1.10. The van der Waals surface area contributed by atoms with E-state index in [1.807, 2.05) is 12.3 Å². The number of amides is 1. The number of fused-ring (bicyclic) bond motifs is 1. The van der Waals surface area contributed by atoms with E-state index < -0.39 is 0 Å². The van der Waals surface area contributed by atoms with Crippen molar-refractivity contribution in [1.29, 1.82) is 0 Å². The van der Waals surface area contributed by atoms with Gasteiger partial charge < -0.3 is 9.80 Å². The van der Waals surface area contributed by atoms with E-state index >= 15 is 0 Å². The van der Waals surface area contributed by atoms with Crippen molar-refractivity contribution in [3.8, 4) is 0 Å². The van der Waals surface area contributed by atoms with Gasteiger partial charge in [0.25, 0.3) is 0 Å². The Bertz CT molecular complexity index is 712. The smallest absolute Gasteiger partial charge is 0.328 e. The molecule has 0 atom stereocenters. The molecule has 1 aliphatic rings. The van der Waals surface area contributed by atoms with E-state index in [9.17, 15) is 4.79 Å². The summed E-state index contributed by atoms with van der Waals surface area (Å²) in [6, 6.07) is 8.37. The van der Waals surface area contributed by atoms with Crippen molar-refractivity contribution in [2.45, 2.75) is 6.42 Å². The second-order valence-corrected chi connectivity index (χ2v) is 5.88. The first kappa shape index (κ1) is 13.9. The summed E-state index contributed by atoms with van der Waals surface area (Å²) in [6.07, 6.45) is 5.19. The van der Waals surface area contributed by atoms with Crippen LogP contribution in [0.3, 0.4) is 0 Å². The summed E-state index contributed by atoms with van der Waals surface area (Å²) in [7, 11) is 5.69. The molecule has 110 valence electrons. The fourth-order valence-corrected chi connectivity index (χ4v) is 2.74. The minimum atomic E-state index is -0.0143. The number of rotatable bonds is 1. The van der Waals surface area contributed by atoms with Gasteiger partial charge in [0.1, 0.15) is 0 Å². The van der Waals surface area contributed by atoms with Gasteiger partial charge in [0.05, 0.1) is 5.52 Å². The van der Waals surface area contributed by atoms with Crippen molar-refractivity contribution in [3.05, 3.63) is 42.1 Å². The Hall–Kier alpha value is -2.07. The maximum absolute atomic E-state index is 12.2. The molecule has 0 fully saturated rings. The van der Waals surface area contributed by atoms with Crippen LogP contribution in [0.5, 0.6) is 0 Å². The second kappa shape index (κ2) is 5.37. The molecule has 3 rings (SSSR count). The number of nitrogens with zero attached hydrogens (tertiary/aromatic N) is 3. The first-order chi connectivity index (χ1) is 10.1. The number of benzene rings is 1. The first-order valence-corrected chi connectivity index (χ1v) is 7.27. The lowest BCUT2D eigenvalue weighted by molar-refractivity contribution is 0.220. The number of hydrogen-bond acceptors (Lipinski definition) is 2.